The van der Waals surface area contributed by atoms with E-state index in [4.69, 9.17) is 4.42 Å². The first-order chi connectivity index (χ1) is 19.2. The minimum atomic E-state index is -4.53. The van der Waals surface area contributed by atoms with E-state index in [1.54, 1.807) is 4.90 Å². The van der Waals surface area contributed by atoms with Gasteiger partial charge < -0.3 is 20.0 Å². The van der Waals surface area contributed by atoms with E-state index in [0.717, 1.165) is 18.6 Å². The zero-order chi connectivity index (χ0) is 30.3. The Balaban J connectivity index is 1.66. The number of hydrogen-bond donors (Lipinski definition) is 2. The van der Waals surface area contributed by atoms with E-state index < -0.39 is 35.6 Å². The van der Waals surface area contributed by atoms with Crippen molar-refractivity contribution in [3.8, 4) is 11.3 Å². The molecule has 0 radical (unpaired) electrons. The van der Waals surface area contributed by atoms with E-state index >= 15 is 0 Å². The molecule has 2 heterocycles. The predicted octanol–water partition coefficient (Wildman–Crippen LogP) is 5.22. The van der Waals surface area contributed by atoms with Crippen LogP contribution in [0.15, 0.2) is 40.8 Å². The molecule has 1 saturated heterocycles. The molecule has 2 N–H and O–H groups in total. The highest BCUT2D eigenvalue weighted by atomic mass is 19.4. The van der Waals surface area contributed by atoms with Gasteiger partial charge in [-0.2, -0.15) is 13.2 Å². The van der Waals surface area contributed by atoms with Crippen molar-refractivity contribution in [1.82, 2.24) is 15.5 Å². The molecule has 0 bridgehead atoms. The molecule has 1 aromatic heterocycles. The number of amides is 3. The van der Waals surface area contributed by atoms with Crippen LogP contribution in [0.2, 0.25) is 0 Å². The van der Waals surface area contributed by atoms with Gasteiger partial charge in [-0.15, -0.1) is 0 Å². The summed E-state index contributed by atoms with van der Waals surface area (Å²) in [7, 11) is 0. The van der Waals surface area contributed by atoms with Crippen molar-refractivity contribution in [2.24, 2.45) is 11.8 Å². The predicted molar refractivity (Wildman–Crippen MR) is 147 cm³/mol. The van der Waals surface area contributed by atoms with Crippen molar-refractivity contribution in [2.75, 3.05) is 13.1 Å². The zero-order valence-electron chi connectivity index (χ0n) is 23.8. The van der Waals surface area contributed by atoms with Gasteiger partial charge in [-0.05, 0) is 61.8 Å². The number of hydrogen-bond acceptors (Lipinski definition) is 5. The van der Waals surface area contributed by atoms with Gasteiger partial charge in [0.25, 0.3) is 5.91 Å². The van der Waals surface area contributed by atoms with Gasteiger partial charge in [0.2, 0.25) is 11.8 Å². The highest BCUT2D eigenvalue weighted by Gasteiger charge is 2.32. The van der Waals surface area contributed by atoms with Gasteiger partial charge in [-0.3, -0.25) is 19.2 Å². The Morgan fingerprint density at radius 1 is 1.07 bits per heavy atom. The fourth-order valence-electron chi connectivity index (χ4n) is 4.63. The number of ketones is 1. The van der Waals surface area contributed by atoms with Crippen molar-refractivity contribution in [3.63, 3.8) is 0 Å². The van der Waals surface area contributed by atoms with Crippen LogP contribution in [0.1, 0.15) is 75.9 Å². The third-order valence-corrected chi connectivity index (χ3v) is 6.89. The standard InChI is InChI=1S/C30H38F3N3O5/c1-18(2)10-13-27(38)36-14-6-9-22(24(37)17-36)34-28(39)23(15-19(3)4)35-29(40)26-12-11-25(41-26)20-7-5-8-21(16-20)30(31,32)33/h5,7-8,11-12,16,18-19,22-23H,6,9-10,13-15,17H2,1-4H3,(H,34,39)(H,35,40)/t22-,23?/m0/s1. The summed E-state index contributed by atoms with van der Waals surface area (Å²) in [6, 6.07) is 5.51. The number of furan rings is 1. The minimum absolute atomic E-state index is 0.0159. The third kappa shape index (κ3) is 9.19. The van der Waals surface area contributed by atoms with Crippen LogP contribution in [-0.2, 0) is 20.6 Å². The van der Waals surface area contributed by atoms with Gasteiger partial charge in [-0.25, -0.2) is 0 Å². The average molecular weight is 578 g/mol. The second kappa shape index (κ2) is 13.8. The van der Waals surface area contributed by atoms with Crippen LogP contribution in [0.5, 0.6) is 0 Å². The van der Waals surface area contributed by atoms with E-state index in [0.29, 0.717) is 31.7 Å². The normalized spacial score (nSPS) is 17.0. The van der Waals surface area contributed by atoms with Crippen LogP contribution in [0, 0.1) is 11.8 Å². The molecule has 1 aliphatic rings. The molecule has 0 spiro atoms. The summed E-state index contributed by atoms with van der Waals surface area (Å²) >= 11 is 0. The minimum Gasteiger partial charge on any atom is -0.451 e. The van der Waals surface area contributed by atoms with Crippen LogP contribution in [0.25, 0.3) is 11.3 Å². The van der Waals surface area contributed by atoms with Gasteiger partial charge in [0, 0.05) is 18.5 Å². The Labute approximate surface area is 238 Å². The summed E-state index contributed by atoms with van der Waals surface area (Å²) in [5.41, 5.74) is -0.693. The van der Waals surface area contributed by atoms with E-state index in [2.05, 4.69) is 10.6 Å². The van der Waals surface area contributed by atoms with Crippen LogP contribution in [0.4, 0.5) is 13.2 Å². The Hall–Kier alpha value is -3.63. The number of alkyl halides is 3. The van der Waals surface area contributed by atoms with Crippen LogP contribution >= 0.6 is 0 Å². The Bertz CT molecular complexity index is 1240. The number of carbonyl (C=O) groups is 4. The third-order valence-electron chi connectivity index (χ3n) is 6.89. The van der Waals surface area contributed by atoms with Crippen molar-refractivity contribution >= 4 is 23.5 Å². The number of benzene rings is 1. The quantitative estimate of drug-likeness (QED) is 0.403. The number of Topliss-reactive ketones (excluding diaryl/α,β-unsaturated/α-hetero) is 1. The molecular formula is C30H38F3N3O5. The van der Waals surface area contributed by atoms with Crippen molar-refractivity contribution < 1.29 is 36.8 Å². The molecule has 2 aromatic rings. The highest BCUT2D eigenvalue weighted by molar-refractivity contribution is 5.98. The summed E-state index contributed by atoms with van der Waals surface area (Å²) in [6.45, 7) is 8.17. The monoisotopic (exact) mass is 577 g/mol. The summed E-state index contributed by atoms with van der Waals surface area (Å²) in [5.74, 6) is -1.29. The maximum absolute atomic E-state index is 13.2. The van der Waals surface area contributed by atoms with Crippen LogP contribution in [-0.4, -0.2) is 53.6 Å². The first-order valence-corrected chi connectivity index (χ1v) is 13.9. The summed E-state index contributed by atoms with van der Waals surface area (Å²) in [5, 5.41) is 5.39. The first-order valence-electron chi connectivity index (χ1n) is 13.9. The maximum Gasteiger partial charge on any atom is 0.416 e. The Morgan fingerprint density at radius 3 is 2.46 bits per heavy atom. The molecule has 224 valence electrons. The molecule has 3 amide bonds. The number of likely N-dealkylation sites (tertiary alicyclic amines) is 1. The number of carbonyl (C=O) groups excluding carboxylic acids is 4. The second-order valence-corrected chi connectivity index (χ2v) is 11.3. The molecule has 41 heavy (non-hydrogen) atoms. The van der Waals surface area contributed by atoms with Gasteiger partial charge >= 0.3 is 6.18 Å². The van der Waals surface area contributed by atoms with Crippen LogP contribution < -0.4 is 10.6 Å². The van der Waals surface area contributed by atoms with Crippen molar-refractivity contribution in [2.45, 2.75) is 78.1 Å². The van der Waals surface area contributed by atoms with Crippen LogP contribution in [0.3, 0.4) is 0 Å². The highest BCUT2D eigenvalue weighted by Crippen LogP contribution is 2.32. The smallest absolute Gasteiger partial charge is 0.416 e. The molecule has 0 saturated carbocycles. The van der Waals surface area contributed by atoms with Gasteiger partial charge in [0.15, 0.2) is 11.5 Å². The largest absolute Gasteiger partial charge is 0.451 e. The SMILES string of the molecule is CC(C)CCC(=O)N1CCC[C@H](NC(=O)C(CC(C)C)NC(=O)c2ccc(-c3cccc(C(F)(F)F)c3)o2)C(=O)C1. The molecule has 8 nitrogen and oxygen atoms in total. The molecule has 1 aliphatic heterocycles. The van der Waals surface area contributed by atoms with Gasteiger partial charge in [0.05, 0.1) is 18.2 Å². The van der Waals surface area contributed by atoms with Gasteiger partial charge in [0.1, 0.15) is 11.8 Å². The zero-order valence-corrected chi connectivity index (χ0v) is 23.8. The fourth-order valence-corrected chi connectivity index (χ4v) is 4.63. The van der Waals surface area contributed by atoms with E-state index in [1.807, 2.05) is 27.7 Å². The second-order valence-electron chi connectivity index (χ2n) is 11.3. The summed E-state index contributed by atoms with van der Waals surface area (Å²) in [4.78, 5) is 53.2. The Kier molecular flexibility index (Phi) is 10.8. The molecule has 1 fully saturated rings. The molecule has 1 unspecified atom stereocenters. The first kappa shape index (κ1) is 31.9. The average Bonchev–Trinajstić information content (AvgIpc) is 3.32. The summed E-state index contributed by atoms with van der Waals surface area (Å²) < 4.78 is 44.8. The lowest BCUT2D eigenvalue weighted by atomic mass is 10.0. The number of nitrogens with one attached hydrogen (secondary N) is 2. The lowest BCUT2D eigenvalue weighted by molar-refractivity contribution is -0.137. The topological polar surface area (TPSA) is 109 Å². The lowest BCUT2D eigenvalue weighted by Crippen LogP contribution is -2.52. The lowest BCUT2D eigenvalue weighted by Gasteiger charge is -2.23. The Morgan fingerprint density at radius 2 is 1.80 bits per heavy atom. The molecule has 1 aromatic carbocycles. The van der Waals surface area contributed by atoms with Gasteiger partial charge in [-0.1, -0.05) is 39.8 Å². The number of halogens is 3. The van der Waals surface area contributed by atoms with E-state index in [9.17, 15) is 32.3 Å². The van der Waals surface area contributed by atoms with Crippen molar-refractivity contribution in [3.05, 3.63) is 47.7 Å². The van der Waals surface area contributed by atoms with E-state index in [1.165, 1.54) is 24.3 Å². The number of rotatable bonds is 10. The maximum atomic E-state index is 13.2. The summed E-state index contributed by atoms with van der Waals surface area (Å²) in [6.07, 6.45) is -2.22. The fraction of sp³-hybridized carbons (Fsp3) is 0.533. The van der Waals surface area contributed by atoms with Crippen molar-refractivity contribution in [1.29, 1.82) is 0 Å². The molecule has 2 atom stereocenters. The molecule has 0 aliphatic carbocycles. The molecule has 11 heteroatoms. The molecular weight excluding hydrogens is 539 g/mol. The van der Waals surface area contributed by atoms with E-state index in [-0.39, 0.29) is 47.7 Å². The molecule has 3 rings (SSSR count). The number of nitrogens with zero attached hydrogens (tertiary/aromatic N) is 1.